The Kier molecular flexibility index (Phi) is 5.88. The van der Waals surface area contributed by atoms with E-state index in [2.05, 4.69) is 15.3 Å². The molecule has 0 aromatic carbocycles. The minimum atomic E-state index is 0.0514. The molecule has 110 valence electrons. The lowest BCUT2D eigenvalue weighted by Gasteiger charge is -2.25. The summed E-state index contributed by atoms with van der Waals surface area (Å²) in [6.45, 7) is 4.32. The van der Waals surface area contributed by atoms with Crippen LogP contribution in [0, 0.1) is 0 Å². The molecular formula is C14H22N4O2. The van der Waals surface area contributed by atoms with Crippen molar-refractivity contribution in [2.24, 2.45) is 0 Å². The van der Waals surface area contributed by atoms with Crippen LogP contribution in [0.2, 0.25) is 0 Å². The molecule has 0 saturated carbocycles. The van der Waals surface area contributed by atoms with Crippen LogP contribution in [0.15, 0.2) is 18.6 Å². The lowest BCUT2D eigenvalue weighted by atomic mass is 10.2. The molecule has 0 bridgehead atoms. The van der Waals surface area contributed by atoms with Crippen molar-refractivity contribution in [1.29, 1.82) is 0 Å². The van der Waals surface area contributed by atoms with Crippen LogP contribution in [0.3, 0.4) is 0 Å². The molecule has 1 amide bonds. The molecule has 0 aliphatic carbocycles. The van der Waals surface area contributed by atoms with E-state index in [0.717, 1.165) is 31.7 Å². The summed E-state index contributed by atoms with van der Waals surface area (Å²) < 4.78 is 0. The fourth-order valence-corrected chi connectivity index (χ4v) is 2.20. The van der Waals surface area contributed by atoms with Crippen LogP contribution in [0.25, 0.3) is 0 Å². The molecule has 1 aromatic heterocycles. The maximum absolute atomic E-state index is 11.9. The van der Waals surface area contributed by atoms with Gasteiger partial charge in [-0.3, -0.25) is 19.6 Å². The van der Waals surface area contributed by atoms with Gasteiger partial charge in [0.1, 0.15) is 0 Å². The first-order chi connectivity index (χ1) is 9.74. The summed E-state index contributed by atoms with van der Waals surface area (Å²) in [4.78, 5) is 25.5. The first-order valence-electron chi connectivity index (χ1n) is 7.16. The van der Waals surface area contributed by atoms with Crippen molar-refractivity contribution < 1.29 is 9.63 Å². The smallest absolute Gasteiger partial charge is 0.221 e. The van der Waals surface area contributed by atoms with Gasteiger partial charge in [0.15, 0.2) is 0 Å². The summed E-state index contributed by atoms with van der Waals surface area (Å²) in [5.74, 6) is 0.0514. The third-order valence-electron chi connectivity index (χ3n) is 3.20. The quantitative estimate of drug-likeness (QED) is 0.839. The highest BCUT2D eigenvalue weighted by Gasteiger charge is 2.14. The highest BCUT2D eigenvalue weighted by atomic mass is 16.7. The zero-order chi connectivity index (χ0) is 14.2. The van der Waals surface area contributed by atoms with Gasteiger partial charge >= 0.3 is 0 Å². The molecular weight excluding hydrogens is 256 g/mol. The van der Waals surface area contributed by atoms with E-state index in [0.29, 0.717) is 19.4 Å². The minimum absolute atomic E-state index is 0.0514. The second-order valence-electron chi connectivity index (χ2n) is 5.09. The second-order valence-corrected chi connectivity index (χ2v) is 5.09. The van der Waals surface area contributed by atoms with Crippen LogP contribution in [-0.2, 0) is 16.1 Å². The maximum atomic E-state index is 11.9. The van der Waals surface area contributed by atoms with Crippen molar-refractivity contribution >= 4 is 5.91 Å². The minimum Gasteiger partial charge on any atom is -0.353 e. The molecule has 0 spiro atoms. The van der Waals surface area contributed by atoms with Crippen LogP contribution in [-0.4, -0.2) is 46.7 Å². The topological polar surface area (TPSA) is 67.4 Å². The van der Waals surface area contributed by atoms with Gasteiger partial charge in [-0.25, -0.2) is 0 Å². The fraction of sp³-hybridized carbons (Fsp3) is 0.643. The average molecular weight is 278 g/mol. The second kappa shape index (κ2) is 7.91. The molecule has 1 aliphatic heterocycles. The number of aromatic nitrogens is 2. The van der Waals surface area contributed by atoms with Gasteiger partial charge in [0, 0.05) is 50.6 Å². The summed E-state index contributed by atoms with van der Waals surface area (Å²) in [7, 11) is 0. The average Bonchev–Trinajstić information content (AvgIpc) is 2.47. The molecule has 6 heteroatoms. The van der Waals surface area contributed by atoms with Gasteiger partial charge in [-0.1, -0.05) is 0 Å². The monoisotopic (exact) mass is 278 g/mol. The Morgan fingerprint density at radius 1 is 1.50 bits per heavy atom. The number of carbonyl (C=O) groups excluding carboxylic acids is 1. The third kappa shape index (κ3) is 5.22. The molecule has 1 aromatic rings. The van der Waals surface area contributed by atoms with E-state index in [1.165, 1.54) is 0 Å². The highest BCUT2D eigenvalue weighted by Crippen LogP contribution is 2.06. The summed E-state index contributed by atoms with van der Waals surface area (Å²) in [5.41, 5.74) is 0.889. The van der Waals surface area contributed by atoms with Crippen molar-refractivity contribution in [1.82, 2.24) is 20.3 Å². The van der Waals surface area contributed by atoms with Gasteiger partial charge in [0.25, 0.3) is 0 Å². The molecule has 1 atom stereocenters. The predicted molar refractivity (Wildman–Crippen MR) is 74.7 cm³/mol. The van der Waals surface area contributed by atoms with Crippen LogP contribution in [0.5, 0.6) is 0 Å². The van der Waals surface area contributed by atoms with Gasteiger partial charge in [0.05, 0.1) is 12.3 Å². The molecule has 2 rings (SSSR count). The zero-order valence-electron chi connectivity index (χ0n) is 11.9. The number of hydrogen-bond donors (Lipinski definition) is 1. The number of hydrogen-bond acceptors (Lipinski definition) is 5. The van der Waals surface area contributed by atoms with Gasteiger partial charge < -0.3 is 5.32 Å². The van der Waals surface area contributed by atoms with E-state index in [1.807, 2.05) is 12.0 Å². The maximum Gasteiger partial charge on any atom is 0.221 e. The Morgan fingerprint density at radius 2 is 2.40 bits per heavy atom. The summed E-state index contributed by atoms with van der Waals surface area (Å²) in [6, 6.07) is 0.0569. The zero-order valence-corrected chi connectivity index (χ0v) is 11.9. The molecule has 0 unspecified atom stereocenters. The van der Waals surface area contributed by atoms with E-state index in [9.17, 15) is 4.79 Å². The standard InChI is InChI=1S/C14H22N4O2/c1-12(10-13-11-15-5-6-16-13)17-14(19)4-8-18-7-2-3-9-20-18/h5-6,11-12H,2-4,7-10H2,1H3,(H,17,19)/t12-/m0/s1. The highest BCUT2D eigenvalue weighted by molar-refractivity contribution is 5.76. The first-order valence-corrected chi connectivity index (χ1v) is 7.16. The van der Waals surface area contributed by atoms with Crippen LogP contribution < -0.4 is 5.32 Å². The normalized spacial score (nSPS) is 17.6. The molecule has 20 heavy (non-hydrogen) atoms. The molecule has 1 saturated heterocycles. The Labute approximate surface area is 119 Å². The van der Waals surface area contributed by atoms with Crippen molar-refractivity contribution in [2.45, 2.75) is 38.6 Å². The Hall–Kier alpha value is -1.53. The lowest BCUT2D eigenvalue weighted by Crippen LogP contribution is -2.38. The Bertz CT molecular complexity index is 407. The van der Waals surface area contributed by atoms with E-state index in [1.54, 1.807) is 18.6 Å². The predicted octanol–water partition coefficient (Wildman–Crippen LogP) is 0.941. The SMILES string of the molecule is C[C@@H](Cc1cnccn1)NC(=O)CCN1CCCCO1. The van der Waals surface area contributed by atoms with E-state index in [4.69, 9.17) is 4.84 Å². The molecule has 1 N–H and O–H groups in total. The first kappa shape index (κ1) is 14.9. The van der Waals surface area contributed by atoms with Crippen molar-refractivity contribution in [2.75, 3.05) is 19.7 Å². The van der Waals surface area contributed by atoms with Crippen molar-refractivity contribution in [3.63, 3.8) is 0 Å². The van der Waals surface area contributed by atoms with Gasteiger partial charge in [-0.05, 0) is 19.8 Å². The van der Waals surface area contributed by atoms with E-state index >= 15 is 0 Å². The van der Waals surface area contributed by atoms with E-state index < -0.39 is 0 Å². The van der Waals surface area contributed by atoms with Gasteiger partial charge in [-0.2, -0.15) is 5.06 Å². The fourth-order valence-electron chi connectivity index (χ4n) is 2.20. The van der Waals surface area contributed by atoms with E-state index in [-0.39, 0.29) is 11.9 Å². The molecule has 2 heterocycles. The molecule has 1 fully saturated rings. The molecule has 6 nitrogen and oxygen atoms in total. The van der Waals surface area contributed by atoms with Crippen molar-refractivity contribution in [3.05, 3.63) is 24.3 Å². The van der Waals surface area contributed by atoms with Gasteiger partial charge in [-0.15, -0.1) is 0 Å². The van der Waals surface area contributed by atoms with Crippen molar-refractivity contribution in [3.8, 4) is 0 Å². The number of hydroxylamine groups is 2. The summed E-state index contributed by atoms with van der Waals surface area (Å²) in [5, 5.41) is 4.86. The summed E-state index contributed by atoms with van der Waals surface area (Å²) >= 11 is 0. The largest absolute Gasteiger partial charge is 0.353 e. The van der Waals surface area contributed by atoms with Gasteiger partial charge in [0.2, 0.25) is 5.91 Å². The lowest BCUT2D eigenvalue weighted by molar-refractivity contribution is -0.181. The number of amides is 1. The number of carbonyl (C=O) groups is 1. The Balaban J connectivity index is 1.65. The molecule has 0 radical (unpaired) electrons. The van der Waals surface area contributed by atoms with Crippen LogP contribution in [0.1, 0.15) is 31.9 Å². The number of nitrogens with one attached hydrogen (secondary N) is 1. The Morgan fingerprint density at radius 3 is 3.10 bits per heavy atom. The van der Waals surface area contributed by atoms with Crippen LogP contribution >= 0.6 is 0 Å². The third-order valence-corrected chi connectivity index (χ3v) is 3.20. The number of rotatable bonds is 6. The number of nitrogens with zero attached hydrogens (tertiary/aromatic N) is 3. The molecule has 1 aliphatic rings. The summed E-state index contributed by atoms with van der Waals surface area (Å²) in [6.07, 6.45) is 8.44. The van der Waals surface area contributed by atoms with Crippen LogP contribution in [0.4, 0.5) is 0 Å².